The molecule has 7 nitrogen and oxygen atoms in total. The monoisotopic (exact) mass is 511 g/mol. The second-order valence-corrected chi connectivity index (χ2v) is 9.49. The van der Waals surface area contributed by atoms with E-state index in [2.05, 4.69) is 5.32 Å². The fourth-order valence-corrected chi connectivity index (χ4v) is 5.24. The lowest BCUT2D eigenvalue weighted by molar-refractivity contribution is -0.117. The van der Waals surface area contributed by atoms with Crippen LogP contribution in [0.2, 0.25) is 0 Å². The number of hydrogen-bond donors (Lipinski definition) is 1. The van der Waals surface area contributed by atoms with Crippen molar-refractivity contribution in [1.82, 2.24) is 0 Å². The Morgan fingerprint density at radius 2 is 1.70 bits per heavy atom. The maximum atomic E-state index is 13.7. The van der Waals surface area contributed by atoms with Gasteiger partial charge in [-0.05, 0) is 61.7 Å². The number of para-hydroxylation sites is 2. The number of nitriles is 1. The molecule has 3 aromatic carbocycles. The molecule has 1 aliphatic heterocycles. The van der Waals surface area contributed by atoms with Crippen molar-refractivity contribution in [2.45, 2.75) is 25.5 Å². The minimum absolute atomic E-state index is 0.134. The number of nitrogens with one attached hydrogen (secondary N) is 1. The van der Waals surface area contributed by atoms with Crippen molar-refractivity contribution in [3.8, 4) is 6.07 Å². The SMILES string of the molecule is CCOC(=O)c1ccc(C[C@H]2S/C(=C(/C#N)C(=O)Nc3ccccc3)N(c3ccccc3C)C2=O)cc1. The largest absolute Gasteiger partial charge is 0.462 e. The van der Waals surface area contributed by atoms with Crippen molar-refractivity contribution in [3.05, 3.63) is 106 Å². The molecule has 0 aromatic heterocycles. The quantitative estimate of drug-likeness (QED) is 0.265. The lowest BCUT2D eigenvalue weighted by Gasteiger charge is -2.20. The number of carbonyl (C=O) groups is 3. The van der Waals surface area contributed by atoms with Gasteiger partial charge in [0.25, 0.3) is 5.91 Å². The number of aryl methyl sites for hydroxylation is 1. The van der Waals surface area contributed by atoms with Gasteiger partial charge in [0.1, 0.15) is 16.7 Å². The highest BCUT2D eigenvalue weighted by Gasteiger charge is 2.41. The Morgan fingerprint density at radius 1 is 1.03 bits per heavy atom. The van der Waals surface area contributed by atoms with Crippen molar-refractivity contribution < 1.29 is 19.1 Å². The molecule has 0 radical (unpaired) electrons. The highest BCUT2D eigenvalue weighted by atomic mass is 32.2. The molecule has 1 saturated heterocycles. The number of thioether (sulfide) groups is 1. The summed E-state index contributed by atoms with van der Waals surface area (Å²) >= 11 is 1.20. The van der Waals surface area contributed by atoms with Crippen LogP contribution in [0.1, 0.15) is 28.4 Å². The van der Waals surface area contributed by atoms with Gasteiger partial charge in [0, 0.05) is 5.69 Å². The van der Waals surface area contributed by atoms with Gasteiger partial charge in [0.05, 0.1) is 23.1 Å². The van der Waals surface area contributed by atoms with E-state index in [1.54, 1.807) is 61.5 Å². The molecule has 1 fully saturated rings. The summed E-state index contributed by atoms with van der Waals surface area (Å²) in [6.45, 7) is 3.91. The van der Waals surface area contributed by atoms with Crippen molar-refractivity contribution in [2.75, 3.05) is 16.8 Å². The first-order chi connectivity index (χ1) is 17.9. The smallest absolute Gasteiger partial charge is 0.338 e. The third-order valence-electron chi connectivity index (χ3n) is 5.78. The van der Waals surface area contributed by atoms with Crippen LogP contribution in [0, 0.1) is 18.3 Å². The van der Waals surface area contributed by atoms with Crippen LogP contribution in [0.25, 0.3) is 0 Å². The summed E-state index contributed by atoms with van der Waals surface area (Å²) < 4.78 is 5.03. The molecule has 0 unspecified atom stereocenters. The number of anilines is 2. The molecule has 1 N–H and O–H groups in total. The standard InChI is InChI=1S/C29H25N3O4S/c1-3-36-29(35)21-15-13-20(14-16-21)17-25-27(34)32(24-12-8-7-9-19(24)2)28(37-25)23(18-30)26(33)31-22-10-5-4-6-11-22/h4-16,25H,3,17H2,1-2H3,(H,31,33)/b28-23-/t25-/m1/s1. The molecule has 0 aliphatic carbocycles. The molecule has 37 heavy (non-hydrogen) atoms. The van der Waals surface area contributed by atoms with E-state index in [0.717, 1.165) is 11.1 Å². The van der Waals surface area contributed by atoms with E-state index in [4.69, 9.17) is 4.74 Å². The number of benzene rings is 3. The van der Waals surface area contributed by atoms with Gasteiger partial charge in [0.2, 0.25) is 5.91 Å². The summed E-state index contributed by atoms with van der Waals surface area (Å²) in [5.41, 5.74) is 3.16. The van der Waals surface area contributed by atoms with Crippen LogP contribution in [0.5, 0.6) is 0 Å². The second-order valence-electron chi connectivity index (χ2n) is 8.30. The number of esters is 1. The number of rotatable bonds is 7. The predicted octanol–water partition coefficient (Wildman–Crippen LogP) is 5.24. The fourth-order valence-electron chi connectivity index (χ4n) is 3.94. The first-order valence-electron chi connectivity index (χ1n) is 11.8. The Hall–Kier alpha value is -4.35. The minimum Gasteiger partial charge on any atom is -0.462 e. The van der Waals surface area contributed by atoms with E-state index in [1.807, 2.05) is 37.3 Å². The normalized spacial score (nSPS) is 16.2. The van der Waals surface area contributed by atoms with Gasteiger partial charge in [0.15, 0.2) is 0 Å². The number of amides is 2. The van der Waals surface area contributed by atoms with Crippen LogP contribution >= 0.6 is 11.8 Å². The zero-order valence-electron chi connectivity index (χ0n) is 20.4. The average molecular weight is 512 g/mol. The van der Waals surface area contributed by atoms with Crippen LogP contribution in [0.3, 0.4) is 0 Å². The van der Waals surface area contributed by atoms with Gasteiger partial charge in [-0.3, -0.25) is 14.5 Å². The first-order valence-corrected chi connectivity index (χ1v) is 12.6. The van der Waals surface area contributed by atoms with E-state index >= 15 is 0 Å². The van der Waals surface area contributed by atoms with E-state index in [1.165, 1.54) is 16.7 Å². The number of ether oxygens (including phenoxy) is 1. The molecular formula is C29H25N3O4S. The number of hydrogen-bond acceptors (Lipinski definition) is 6. The third-order valence-corrected chi connectivity index (χ3v) is 7.04. The fraction of sp³-hybridized carbons (Fsp3) is 0.172. The molecule has 186 valence electrons. The average Bonchev–Trinajstić information content (AvgIpc) is 3.21. The maximum Gasteiger partial charge on any atom is 0.338 e. The zero-order chi connectivity index (χ0) is 26.4. The Morgan fingerprint density at radius 3 is 2.35 bits per heavy atom. The van der Waals surface area contributed by atoms with Gasteiger partial charge < -0.3 is 10.1 Å². The molecule has 8 heteroatoms. The van der Waals surface area contributed by atoms with Crippen LogP contribution in [0.15, 0.2) is 89.5 Å². The summed E-state index contributed by atoms with van der Waals surface area (Å²) in [6.07, 6.45) is 0.359. The van der Waals surface area contributed by atoms with Crippen molar-refractivity contribution in [1.29, 1.82) is 5.26 Å². The van der Waals surface area contributed by atoms with Crippen LogP contribution in [-0.4, -0.2) is 29.6 Å². The van der Waals surface area contributed by atoms with Crippen molar-refractivity contribution >= 4 is 40.9 Å². The van der Waals surface area contributed by atoms with Crippen LogP contribution in [0.4, 0.5) is 11.4 Å². The molecule has 1 heterocycles. The predicted molar refractivity (Wildman–Crippen MR) is 144 cm³/mol. The zero-order valence-corrected chi connectivity index (χ0v) is 21.2. The molecular weight excluding hydrogens is 486 g/mol. The minimum atomic E-state index is -0.581. The molecule has 0 bridgehead atoms. The Kier molecular flexibility index (Phi) is 8.06. The molecule has 2 amide bonds. The molecule has 0 saturated carbocycles. The van der Waals surface area contributed by atoms with Crippen molar-refractivity contribution in [3.63, 3.8) is 0 Å². The topological polar surface area (TPSA) is 99.5 Å². The second kappa shape index (κ2) is 11.6. The molecule has 1 aliphatic rings. The first kappa shape index (κ1) is 25.7. The molecule has 0 spiro atoms. The van der Waals surface area contributed by atoms with E-state index in [0.29, 0.717) is 28.4 Å². The van der Waals surface area contributed by atoms with Crippen LogP contribution < -0.4 is 10.2 Å². The van der Waals surface area contributed by atoms with E-state index in [-0.39, 0.29) is 18.1 Å². The molecule has 4 rings (SSSR count). The van der Waals surface area contributed by atoms with Gasteiger partial charge >= 0.3 is 5.97 Å². The Bertz CT molecular complexity index is 1390. The van der Waals surface area contributed by atoms with E-state index in [9.17, 15) is 19.6 Å². The highest BCUT2D eigenvalue weighted by Crippen LogP contribution is 2.43. The Labute approximate surface area is 219 Å². The molecule has 1 atom stereocenters. The Balaban J connectivity index is 1.67. The van der Waals surface area contributed by atoms with E-state index < -0.39 is 17.1 Å². The molecule has 3 aromatic rings. The summed E-state index contributed by atoms with van der Waals surface area (Å²) in [4.78, 5) is 40.3. The number of nitrogens with zero attached hydrogens (tertiary/aromatic N) is 2. The maximum absolute atomic E-state index is 13.7. The van der Waals surface area contributed by atoms with Gasteiger partial charge in [-0.15, -0.1) is 0 Å². The van der Waals surface area contributed by atoms with Crippen LogP contribution in [-0.2, 0) is 20.7 Å². The number of carbonyl (C=O) groups excluding carboxylic acids is 3. The highest BCUT2D eigenvalue weighted by molar-refractivity contribution is 8.05. The van der Waals surface area contributed by atoms with Gasteiger partial charge in [-0.25, -0.2) is 4.79 Å². The summed E-state index contributed by atoms with van der Waals surface area (Å²) in [5, 5.41) is 12.5. The lowest BCUT2D eigenvalue weighted by atomic mass is 10.1. The summed E-state index contributed by atoms with van der Waals surface area (Å²) in [6, 6.07) is 25.1. The summed E-state index contributed by atoms with van der Waals surface area (Å²) in [7, 11) is 0. The third kappa shape index (κ3) is 5.74. The van der Waals surface area contributed by atoms with Gasteiger partial charge in [-0.1, -0.05) is 60.3 Å². The summed E-state index contributed by atoms with van der Waals surface area (Å²) in [5.74, 6) is -1.20. The lowest BCUT2D eigenvalue weighted by Crippen LogP contribution is -2.31. The van der Waals surface area contributed by atoms with Crippen molar-refractivity contribution in [2.24, 2.45) is 0 Å². The van der Waals surface area contributed by atoms with Gasteiger partial charge in [-0.2, -0.15) is 5.26 Å².